The molecule has 1 aromatic rings. The van der Waals surface area contributed by atoms with Crippen LogP contribution in [0, 0.1) is 0 Å². The zero-order valence-electron chi connectivity index (χ0n) is 15.0. The zero-order valence-corrected chi connectivity index (χ0v) is 16.6. The predicted octanol–water partition coefficient (Wildman–Crippen LogP) is 5.35. The summed E-state index contributed by atoms with van der Waals surface area (Å²) >= 11 is 2.49. The Morgan fingerprint density at radius 2 is 1.96 bits per heavy atom. The lowest BCUT2D eigenvalue weighted by molar-refractivity contribution is -0.137. The molecular formula is C17H22F3NO3S2. The molecule has 0 spiro atoms. The Labute approximate surface area is 160 Å². The number of carbonyl (C=O) groups excluding carboxylic acids is 1. The van der Waals surface area contributed by atoms with Crippen molar-refractivity contribution in [2.45, 2.75) is 44.5 Å². The average molecular weight is 409 g/mol. The molecular weight excluding hydrogens is 387 g/mol. The highest BCUT2D eigenvalue weighted by atomic mass is 32.2. The average Bonchev–Trinajstić information content (AvgIpc) is 2.99. The number of halogens is 3. The first-order chi connectivity index (χ1) is 12.0. The van der Waals surface area contributed by atoms with Crippen LogP contribution >= 0.6 is 24.0 Å². The van der Waals surface area contributed by atoms with Gasteiger partial charge in [0.05, 0.1) is 18.2 Å². The predicted molar refractivity (Wildman–Crippen MR) is 98.0 cm³/mol. The number of hydrogen-bond acceptors (Lipinski definition) is 5. The Kier molecular flexibility index (Phi) is 6.79. The van der Waals surface area contributed by atoms with Crippen LogP contribution in [0.2, 0.25) is 0 Å². The van der Waals surface area contributed by atoms with Crippen molar-refractivity contribution in [3.8, 4) is 0 Å². The van der Waals surface area contributed by atoms with Crippen LogP contribution in [0.15, 0.2) is 24.3 Å². The second-order valence-corrected chi connectivity index (χ2v) is 8.60. The largest absolute Gasteiger partial charge is 0.443 e. The van der Waals surface area contributed by atoms with Crippen molar-refractivity contribution >= 4 is 30.1 Å². The molecule has 1 aromatic carbocycles. The molecule has 0 bridgehead atoms. The van der Waals surface area contributed by atoms with E-state index in [0.29, 0.717) is 5.75 Å². The van der Waals surface area contributed by atoms with Crippen molar-refractivity contribution in [3.63, 3.8) is 0 Å². The molecule has 0 saturated carbocycles. The van der Waals surface area contributed by atoms with Crippen LogP contribution in [0.3, 0.4) is 0 Å². The summed E-state index contributed by atoms with van der Waals surface area (Å²) in [4.78, 5) is 12.4. The second-order valence-electron chi connectivity index (χ2n) is 6.91. The number of alkyl halides is 3. The minimum Gasteiger partial charge on any atom is -0.443 e. The number of rotatable bonds is 4. The van der Waals surface area contributed by atoms with Crippen LogP contribution in [0.25, 0.3) is 0 Å². The monoisotopic (exact) mass is 409 g/mol. The molecule has 0 N–H and O–H groups in total. The SMILES string of the molecule is CSC[C@H](c1ccc(C(F)(F)F)cc1)[C@@H]1COSN1C(=O)OC(C)(C)C. The van der Waals surface area contributed by atoms with E-state index in [4.69, 9.17) is 8.92 Å². The number of ether oxygens (including phenoxy) is 1. The summed E-state index contributed by atoms with van der Waals surface area (Å²) in [5.74, 6) is 0.467. The van der Waals surface area contributed by atoms with E-state index in [-0.39, 0.29) is 18.6 Å². The van der Waals surface area contributed by atoms with E-state index < -0.39 is 23.4 Å². The highest BCUT2D eigenvalue weighted by Crippen LogP contribution is 2.38. The fourth-order valence-corrected chi connectivity index (χ4v) is 4.06. The Balaban J connectivity index is 2.23. The second kappa shape index (κ2) is 8.31. The number of amides is 1. The zero-order chi connectivity index (χ0) is 19.5. The lowest BCUT2D eigenvalue weighted by Crippen LogP contribution is -2.41. The number of hydrogen-bond donors (Lipinski definition) is 0. The smallest absolute Gasteiger partial charge is 0.422 e. The van der Waals surface area contributed by atoms with Crippen molar-refractivity contribution in [3.05, 3.63) is 35.4 Å². The third kappa shape index (κ3) is 5.47. The number of thioether (sulfide) groups is 1. The molecule has 1 amide bonds. The highest BCUT2D eigenvalue weighted by molar-refractivity contribution is 7.98. The van der Waals surface area contributed by atoms with Gasteiger partial charge < -0.3 is 4.74 Å². The maximum absolute atomic E-state index is 12.8. The van der Waals surface area contributed by atoms with Gasteiger partial charge in [-0.25, -0.2) is 9.10 Å². The van der Waals surface area contributed by atoms with Gasteiger partial charge in [-0.1, -0.05) is 12.1 Å². The van der Waals surface area contributed by atoms with E-state index in [0.717, 1.165) is 29.9 Å². The lowest BCUT2D eigenvalue weighted by atomic mass is 9.92. The summed E-state index contributed by atoms with van der Waals surface area (Å²) in [7, 11) is 0. The summed E-state index contributed by atoms with van der Waals surface area (Å²) < 4.78 is 50.6. The molecule has 2 atom stereocenters. The molecule has 2 rings (SSSR count). The molecule has 4 nitrogen and oxygen atoms in total. The van der Waals surface area contributed by atoms with Gasteiger partial charge in [0.1, 0.15) is 17.8 Å². The molecule has 1 fully saturated rings. The van der Waals surface area contributed by atoms with Gasteiger partial charge in [0.2, 0.25) is 0 Å². The van der Waals surface area contributed by atoms with E-state index in [1.807, 2.05) is 6.26 Å². The van der Waals surface area contributed by atoms with Crippen LogP contribution in [-0.2, 0) is 15.1 Å². The Morgan fingerprint density at radius 3 is 2.46 bits per heavy atom. The standard InChI is InChI=1S/C17H22F3NO3S2/c1-16(2,3)24-15(22)21-14(9-23-26-21)13(10-25-4)11-5-7-12(8-6-11)17(18,19)20/h5-8,13-14H,9-10H2,1-4H3/t13-,14+/m1/s1. The molecule has 146 valence electrons. The van der Waals surface area contributed by atoms with Crippen molar-refractivity contribution < 1.29 is 26.9 Å². The Hall–Kier alpha value is -1.06. The van der Waals surface area contributed by atoms with E-state index in [1.165, 1.54) is 16.4 Å². The topological polar surface area (TPSA) is 38.8 Å². The summed E-state index contributed by atoms with van der Waals surface area (Å²) in [5, 5.41) is 0. The lowest BCUT2D eigenvalue weighted by Gasteiger charge is -2.30. The maximum atomic E-state index is 12.8. The van der Waals surface area contributed by atoms with E-state index in [9.17, 15) is 18.0 Å². The van der Waals surface area contributed by atoms with Gasteiger partial charge in [-0.3, -0.25) is 4.18 Å². The summed E-state index contributed by atoms with van der Waals surface area (Å²) in [6.07, 6.45) is -2.97. The molecule has 26 heavy (non-hydrogen) atoms. The minimum absolute atomic E-state index is 0.171. The number of nitrogens with zero attached hydrogens (tertiary/aromatic N) is 1. The molecule has 1 aliphatic rings. The fourth-order valence-electron chi connectivity index (χ4n) is 2.56. The third-order valence-corrected chi connectivity index (χ3v) is 5.24. The van der Waals surface area contributed by atoms with Crippen molar-refractivity contribution in [2.24, 2.45) is 0 Å². The van der Waals surface area contributed by atoms with Crippen LogP contribution in [0.4, 0.5) is 18.0 Å². The van der Waals surface area contributed by atoms with Gasteiger partial charge >= 0.3 is 12.3 Å². The first-order valence-electron chi connectivity index (χ1n) is 8.01. The van der Waals surface area contributed by atoms with Crippen LogP contribution in [-0.4, -0.2) is 40.7 Å². The summed E-state index contributed by atoms with van der Waals surface area (Å²) in [6.45, 7) is 5.61. The van der Waals surface area contributed by atoms with Crippen LogP contribution < -0.4 is 0 Å². The fraction of sp³-hybridized carbons (Fsp3) is 0.588. The molecule has 1 heterocycles. The van der Waals surface area contributed by atoms with E-state index >= 15 is 0 Å². The van der Waals surface area contributed by atoms with Crippen molar-refractivity contribution in [2.75, 3.05) is 18.6 Å². The normalized spacial score (nSPS) is 19.5. The van der Waals surface area contributed by atoms with Gasteiger partial charge in [0, 0.05) is 11.7 Å². The molecule has 1 aliphatic heterocycles. The molecule has 0 radical (unpaired) electrons. The van der Waals surface area contributed by atoms with Gasteiger partial charge in [0.25, 0.3) is 0 Å². The van der Waals surface area contributed by atoms with Crippen LogP contribution in [0.5, 0.6) is 0 Å². The van der Waals surface area contributed by atoms with Gasteiger partial charge in [-0.2, -0.15) is 24.9 Å². The van der Waals surface area contributed by atoms with E-state index in [1.54, 1.807) is 32.5 Å². The van der Waals surface area contributed by atoms with Gasteiger partial charge in [0.15, 0.2) is 0 Å². The molecule has 0 aliphatic carbocycles. The van der Waals surface area contributed by atoms with E-state index in [2.05, 4.69) is 0 Å². The maximum Gasteiger partial charge on any atom is 0.422 e. The van der Waals surface area contributed by atoms with Crippen LogP contribution in [0.1, 0.15) is 37.8 Å². The number of carbonyl (C=O) groups is 1. The third-order valence-electron chi connectivity index (χ3n) is 3.72. The minimum atomic E-state index is -4.37. The molecule has 9 heteroatoms. The highest BCUT2D eigenvalue weighted by Gasteiger charge is 2.40. The first kappa shape index (κ1) is 21.2. The first-order valence-corrected chi connectivity index (χ1v) is 10.1. The Bertz CT molecular complexity index is 617. The van der Waals surface area contributed by atoms with Gasteiger partial charge in [-0.15, -0.1) is 0 Å². The van der Waals surface area contributed by atoms with Gasteiger partial charge in [-0.05, 0) is 44.7 Å². The summed E-state index contributed by atoms with van der Waals surface area (Å²) in [6, 6.07) is 4.77. The molecule has 1 saturated heterocycles. The quantitative estimate of drug-likeness (QED) is 0.495. The summed E-state index contributed by atoms with van der Waals surface area (Å²) in [5.41, 5.74) is -0.601. The number of benzene rings is 1. The molecule has 0 unspecified atom stereocenters. The molecule has 0 aromatic heterocycles. The van der Waals surface area contributed by atoms with Crippen molar-refractivity contribution in [1.82, 2.24) is 4.31 Å². The van der Waals surface area contributed by atoms with Crippen molar-refractivity contribution in [1.29, 1.82) is 0 Å². The Morgan fingerprint density at radius 1 is 1.35 bits per heavy atom.